The monoisotopic (exact) mass is 330 g/mol. The molecule has 3 atom stereocenters. The molecule has 3 nitrogen and oxygen atoms in total. The first kappa shape index (κ1) is 15.2. The Hall–Kier alpha value is -1.32. The van der Waals surface area contributed by atoms with Crippen molar-refractivity contribution in [1.82, 2.24) is 9.80 Å². The van der Waals surface area contributed by atoms with Crippen LogP contribution in [0.25, 0.3) is 0 Å². The van der Waals surface area contributed by atoms with Crippen molar-refractivity contribution in [3.05, 3.63) is 47.0 Å². The van der Waals surface area contributed by atoms with Gasteiger partial charge < -0.3 is 4.90 Å². The van der Waals surface area contributed by atoms with E-state index >= 15 is 0 Å². The lowest BCUT2D eigenvalue weighted by Crippen LogP contribution is -2.50. The smallest absolute Gasteiger partial charge is 0.253 e. The lowest BCUT2D eigenvalue weighted by atomic mass is 9.93. The fraction of sp³-hybridized carbons (Fsp3) is 0.526. The molecular weight excluding hydrogens is 308 g/mol. The van der Waals surface area contributed by atoms with Gasteiger partial charge in [0.05, 0.1) is 0 Å². The van der Waals surface area contributed by atoms with E-state index in [1.54, 1.807) is 12.1 Å². The number of nitrogens with zero attached hydrogens (tertiary/aromatic N) is 2. The molecule has 1 amide bonds. The fourth-order valence-corrected chi connectivity index (χ4v) is 4.56. The number of allylic oxidation sites excluding steroid dienone is 2. The molecule has 1 aliphatic heterocycles. The van der Waals surface area contributed by atoms with Crippen LogP contribution in [0.5, 0.6) is 0 Å². The molecule has 1 aromatic rings. The van der Waals surface area contributed by atoms with Gasteiger partial charge in [-0.1, -0.05) is 29.8 Å². The number of benzene rings is 1. The van der Waals surface area contributed by atoms with Crippen LogP contribution >= 0.6 is 11.6 Å². The molecule has 0 N–H and O–H groups in total. The first-order valence-corrected chi connectivity index (χ1v) is 9.02. The summed E-state index contributed by atoms with van der Waals surface area (Å²) >= 11 is 5.99. The molecule has 0 aromatic heterocycles. The lowest BCUT2D eigenvalue weighted by molar-refractivity contribution is 0.0610. The maximum absolute atomic E-state index is 12.5. The first-order chi connectivity index (χ1) is 11.2. The van der Waals surface area contributed by atoms with Crippen LogP contribution in [0.3, 0.4) is 0 Å². The van der Waals surface area contributed by atoms with Crippen LogP contribution in [-0.4, -0.2) is 48.4 Å². The van der Waals surface area contributed by atoms with Crippen LogP contribution in [0.2, 0.25) is 5.02 Å². The van der Waals surface area contributed by atoms with Gasteiger partial charge in [-0.15, -0.1) is 0 Å². The lowest BCUT2D eigenvalue weighted by Gasteiger charge is -2.37. The number of carbonyl (C=O) groups is 1. The predicted octanol–water partition coefficient (Wildman–Crippen LogP) is 3.31. The molecule has 0 spiro atoms. The molecule has 23 heavy (non-hydrogen) atoms. The number of hydrogen-bond donors (Lipinski definition) is 0. The van der Waals surface area contributed by atoms with Gasteiger partial charge in [0.1, 0.15) is 0 Å². The fourth-order valence-electron chi connectivity index (χ4n) is 4.37. The zero-order chi connectivity index (χ0) is 15.8. The average molecular weight is 331 g/mol. The summed E-state index contributed by atoms with van der Waals surface area (Å²) in [5.41, 5.74) is 0.698. The van der Waals surface area contributed by atoms with Gasteiger partial charge in [-0.05, 0) is 48.8 Å². The van der Waals surface area contributed by atoms with E-state index in [0.717, 1.165) is 43.9 Å². The van der Waals surface area contributed by atoms with Crippen LogP contribution in [0.4, 0.5) is 0 Å². The molecule has 1 heterocycles. The van der Waals surface area contributed by atoms with Crippen molar-refractivity contribution in [1.29, 1.82) is 0 Å². The molecule has 122 valence electrons. The van der Waals surface area contributed by atoms with Crippen molar-refractivity contribution in [3.8, 4) is 0 Å². The van der Waals surface area contributed by atoms with Gasteiger partial charge in [0.15, 0.2) is 0 Å². The van der Waals surface area contributed by atoms with Gasteiger partial charge in [-0.3, -0.25) is 9.69 Å². The number of halogens is 1. The normalized spacial score (nSPS) is 30.1. The summed E-state index contributed by atoms with van der Waals surface area (Å²) in [4.78, 5) is 17.1. The summed E-state index contributed by atoms with van der Waals surface area (Å²) in [6, 6.07) is 7.26. The highest BCUT2D eigenvalue weighted by atomic mass is 35.5. The standard InChI is InChI=1S/C19H23ClN2O/c20-18-3-1-2-16(12-18)19(23)22-8-6-21(7-9-22)13-17-11-14-4-5-15(17)10-14/h1-5,12,14-15,17H,6-11,13H2/t14-,15+,17-/m1/s1. The minimum Gasteiger partial charge on any atom is -0.336 e. The molecule has 0 radical (unpaired) electrons. The quantitative estimate of drug-likeness (QED) is 0.794. The topological polar surface area (TPSA) is 23.6 Å². The third-order valence-corrected chi connectivity index (χ3v) is 5.88. The largest absolute Gasteiger partial charge is 0.336 e. The Morgan fingerprint density at radius 3 is 2.61 bits per heavy atom. The second kappa shape index (κ2) is 6.29. The molecular formula is C19H23ClN2O. The van der Waals surface area contributed by atoms with Crippen molar-refractivity contribution in [2.24, 2.45) is 17.8 Å². The Bertz CT molecular complexity index is 622. The third-order valence-electron chi connectivity index (χ3n) is 5.64. The van der Waals surface area contributed by atoms with Crippen LogP contribution in [0, 0.1) is 17.8 Å². The molecule has 4 rings (SSSR count). The summed E-state index contributed by atoms with van der Waals surface area (Å²) in [5.74, 6) is 2.59. The van der Waals surface area contributed by atoms with Crippen LogP contribution in [0.1, 0.15) is 23.2 Å². The second-order valence-corrected chi connectivity index (χ2v) is 7.58. The van der Waals surface area contributed by atoms with Gasteiger partial charge in [0.25, 0.3) is 5.91 Å². The number of carbonyl (C=O) groups excluding carboxylic acids is 1. The number of amides is 1. The third kappa shape index (κ3) is 3.17. The summed E-state index contributed by atoms with van der Waals surface area (Å²) in [5, 5.41) is 0.624. The number of rotatable bonds is 3. The van der Waals surface area contributed by atoms with Crippen molar-refractivity contribution >= 4 is 17.5 Å². The number of piperazine rings is 1. The van der Waals surface area contributed by atoms with Crippen molar-refractivity contribution in [2.75, 3.05) is 32.7 Å². The molecule has 2 bridgehead atoms. The average Bonchev–Trinajstić information content (AvgIpc) is 3.18. The minimum atomic E-state index is 0.106. The van der Waals surface area contributed by atoms with E-state index in [0.29, 0.717) is 10.6 Å². The van der Waals surface area contributed by atoms with Gasteiger partial charge in [-0.25, -0.2) is 0 Å². The Kier molecular flexibility index (Phi) is 4.16. The molecule has 4 heteroatoms. The van der Waals surface area contributed by atoms with E-state index < -0.39 is 0 Å². The molecule has 0 unspecified atom stereocenters. The Morgan fingerprint density at radius 2 is 1.96 bits per heavy atom. The van der Waals surface area contributed by atoms with E-state index in [2.05, 4.69) is 17.1 Å². The van der Waals surface area contributed by atoms with E-state index in [-0.39, 0.29) is 5.91 Å². The summed E-state index contributed by atoms with van der Waals surface area (Å²) in [7, 11) is 0. The zero-order valence-corrected chi connectivity index (χ0v) is 14.1. The highest BCUT2D eigenvalue weighted by Gasteiger charge is 2.36. The number of hydrogen-bond acceptors (Lipinski definition) is 2. The molecule has 3 aliphatic rings. The van der Waals surface area contributed by atoms with Crippen LogP contribution in [-0.2, 0) is 0 Å². The first-order valence-electron chi connectivity index (χ1n) is 8.64. The number of fused-ring (bicyclic) bond motifs is 2. The van der Waals surface area contributed by atoms with Crippen LogP contribution in [0.15, 0.2) is 36.4 Å². The molecule has 1 saturated heterocycles. The second-order valence-electron chi connectivity index (χ2n) is 7.14. The van der Waals surface area contributed by atoms with Crippen molar-refractivity contribution in [2.45, 2.75) is 12.8 Å². The van der Waals surface area contributed by atoms with Gasteiger partial charge in [0.2, 0.25) is 0 Å². The maximum Gasteiger partial charge on any atom is 0.253 e. The van der Waals surface area contributed by atoms with Crippen LogP contribution < -0.4 is 0 Å². The molecule has 2 aliphatic carbocycles. The van der Waals surface area contributed by atoms with E-state index in [1.807, 2.05) is 17.0 Å². The molecule has 1 saturated carbocycles. The molecule has 1 aromatic carbocycles. The van der Waals surface area contributed by atoms with E-state index in [9.17, 15) is 4.79 Å². The minimum absolute atomic E-state index is 0.106. The Morgan fingerprint density at radius 1 is 1.13 bits per heavy atom. The maximum atomic E-state index is 12.5. The van der Waals surface area contributed by atoms with Crippen molar-refractivity contribution in [3.63, 3.8) is 0 Å². The Balaban J connectivity index is 1.30. The Labute approximate surface area is 142 Å². The van der Waals surface area contributed by atoms with E-state index in [1.165, 1.54) is 19.4 Å². The van der Waals surface area contributed by atoms with Gasteiger partial charge in [0, 0.05) is 43.3 Å². The summed E-state index contributed by atoms with van der Waals surface area (Å²) < 4.78 is 0. The van der Waals surface area contributed by atoms with Gasteiger partial charge in [-0.2, -0.15) is 0 Å². The van der Waals surface area contributed by atoms with Gasteiger partial charge >= 0.3 is 0 Å². The highest BCUT2D eigenvalue weighted by Crippen LogP contribution is 2.43. The summed E-state index contributed by atoms with van der Waals surface area (Å²) in [6.07, 6.45) is 7.57. The van der Waals surface area contributed by atoms with E-state index in [4.69, 9.17) is 11.6 Å². The highest BCUT2D eigenvalue weighted by molar-refractivity contribution is 6.30. The SMILES string of the molecule is O=C(c1cccc(Cl)c1)N1CCN(C[C@H]2C[C@@H]3C=C[C@H]2C3)CC1. The molecule has 2 fully saturated rings. The predicted molar refractivity (Wildman–Crippen MR) is 92.6 cm³/mol. The summed E-state index contributed by atoms with van der Waals surface area (Å²) in [6.45, 7) is 4.82. The van der Waals surface area contributed by atoms with Crippen molar-refractivity contribution < 1.29 is 4.79 Å². The zero-order valence-electron chi connectivity index (χ0n) is 13.3.